The lowest BCUT2D eigenvalue weighted by Gasteiger charge is -2.13. The highest BCUT2D eigenvalue weighted by atomic mass is 19.4. The SMILES string of the molecule is OC(CNCCCC(F)(F)F)c1ccc(F)cc1F. The van der Waals surface area contributed by atoms with E-state index in [4.69, 9.17) is 0 Å². The largest absolute Gasteiger partial charge is 0.389 e. The second-order valence-corrected chi connectivity index (χ2v) is 4.10. The molecular formula is C12H14F5NO. The van der Waals surface area contributed by atoms with E-state index in [0.29, 0.717) is 6.07 Å². The number of aliphatic hydroxyl groups is 1. The summed E-state index contributed by atoms with van der Waals surface area (Å²) in [4.78, 5) is 0. The Bertz CT molecular complexity index is 408. The summed E-state index contributed by atoms with van der Waals surface area (Å²) in [5.41, 5.74) is -0.0929. The number of hydrogen-bond donors (Lipinski definition) is 2. The van der Waals surface area contributed by atoms with E-state index in [1.807, 2.05) is 0 Å². The summed E-state index contributed by atoms with van der Waals surface area (Å²) in [5, 5.41) is 12.2. The molecule has 19 heavy (non-hydrogen) atoms. The molecule has 0 aliphatic rings. The molecular weight excluding hydrogens is 269 g/mol. The predicted octanol–water partition coefficient (Wildman–Crippen LogP) is 2.93. The molecule has 0 aliphatic carbocycles. The average molecular weight is 283 g/mol. The Morgan fingerprint density at radius 1 is 1.21 bits per heavy atom. The zero-order valence-electron chi connectivity index (χ0n) is 9.97. The van der Waals surface area contributed by atoms with Gasteiger partial charge in [-0.3, -0.25) is 0 Å². The van der Waals surface area contributed by atoms with Gasteiger partial charge in [-0.2, -0.15) is 13.2 Å². The van der Waals surface area contributed by atoms with E-state index < -0.39 is 30.3 Å². The first-order valence-corrected chi connectivity index (χ1v) is 5.70. The van der Waals surface area contributed by atoms with Gasteiger partial charge in [0.1, 0.15) is 11.6 Å². The van der Waals surface area contributed by atoms with Crippen molar-refractivity contribution in [1.29, 1.82) is 0 Å². The third-order valence-electron chi connectivity index (χ3n) is 2.47. The van der Waals surface area contributed by atoms with E-state index in [1.54, 1.807) is 0 Å². The molecule has 0 spiro atoms. The summed E-state index contributed by atoms with van der Waals surface area (Å²) in [6.45, 7) is -0.0419. The van der Waals surface area contributed by atoms with Crippen LogP contribution in [-0.2, 0) is 0 Å². The molecule has 0 saturated carbocycles. The quantitative estimate of drug-likeness (QED) is 0.621. The topological polar surface area (TPSA) is 32.3 Å². The number of alkyl halides is 3. The minimum absolute atomic E-state index is 0.0549. The van der Waals surface area contributed by atoms with Crippen molar-refractivity contribution in [2.24, 2.45) is 0 Å². The number of aliphatic hydroxyl groups excluding tert-OH is 1. The maximum absolute atomic E-state index is 13.3. The van der Waals surface area contributed by atoms with E-state index >= 15 is 0 Å². The van der Waals surface area contributed by atoms with Crippen molar-refractivity contribution < 1.29 is 27.1 Å². The van der Waals surface area contributed by atoms with Crippen LogP contribution in [0.3, 0.4) is 0 Å². The molecule has 1 atom stereocenters. The molecule has 0 fully saturated rings. The molecule has 2 N–H and O–H groups in total. The second kappa shape index (κ2) is 6.81. The summed E-state index contributed by atoms with van der Waals surface area (Å²) in [7, 11) is 0. The zero-order valence-corrected chi connectivity index (χ0v) is 9.97. The summed E-state index contributed by atoms with van der Waals surface area (Å²) in [5.74, 6) is -1.64. The van der Waals surface area contributed by atoms with Crippen LogP contribution in [0, 0.1) is 11.6 Å². The third kappa shape index (κ3) is 5.98. The molecule has 1 rings (SSSR count). The highest BCUT2D eigenvalue weighted by molar-refractivity contribution is 5.21. The van der Waals surface area contributed by atoms with Crippen molar-refractivity contribution in [3.63, 3.8) is 0 Å². The fraction of sp³-hybridized carbons (Fsp3) is 0.500. The molecule has 7 heteroatoms. The number of hydrogen-bond acceptors (Lipinski definition) is 2. The van der Waals surface area contributed by atoms with Crippen LogP contribution in [0.25, 0.3) is 0 Å². The molecule has 0 radical (unpaired) electrons. The Labute approximate surface area is 107 Å². The molecule has 1 aromatic carbocycles. The molecule has 0 aromatic heterocycles. The van der Waals surface area contributed by atoms with E-state index in [9.17, 15) is 27.1 Å². The number of benzene rings is 1. The van der Waals surface area contributed by atoms with Gasteiger partial charge in [0.25, 0.3) is 0 Å². The first-order chi connectivity index (χ1) is 8.79. The van der Waals surface area contributed by atoms with Gasteiger partial charge in [-0.05, 0) is 19.0 Å². The van der Waals surface area contributed by atoms with Crippen LogP contribution in [0.2, 0.25) is 0 Å². The van der Waals surface area contributed by atoms with Gasteiger partial charge >= 0.3 is 6.18 Å². The zero-order chi connectivity index (χ0) is 14.5. The van der Waals surface area contributed by atoms with Gasteiger partial charge in [0.15, 0.2) is 0 Å². The molecule has 0 saturated heterocycles. The number of halogens is 5. The van der Waals surface area contributed by atoms with Crippen LogP contribution in [0.4, 0.5) is 22.0 Å². The minimum atomic E-state index is -4.20. The normalized spacial score (nSPS) is 13.6. The average Bonchev–Trinajstić information content (AvgIpc) is 2.26. The predicted molar refractivity (Wildman–Crippen MR) is 59.5 cm³/mol. The van der Waals surface area contributed by atoms with Crippen molar-refractivity contribution in [2.45, 2.75) is 25.1 Å². The van der Waals surface area contributed by atoms with Gasteiger partial charge in [-0.15, -0.1) is 0 Å². The fourth-order valence-corrected chi connectivity index (χ4v) is 1.53. The van der Waals surface area contributed by atoms with Crippen LogP contribution in [0.5, 0.6) is 0 Å². The monoisotopic (exact) mass is 283 g/mol. The highest BCUT2D eigenvalue weighted by Gasteiger charge is 2.25. The smallest absolute Gasteiger partial charge is 0.387 e. The van der Waals surface area contributed by atoms with Crippen LogP contribution >= 0.6 is 0 Å². The fourth-order valence-electron chi connectivity index (χ4n) is 1.53. The van der Waals surface area contributed by atoms with Crippen molar-refractivity contribution in [2.75, 3.05) is 13.1 Å². The van der Waals surface area contributed by atoms with E-state index in [2.05, 4.69) is 5.32 Å². The van der Waals surface area contributed by atoms with E-state index in [1.165, 1.54) is 0 Å². The highest BCUT2D eigenvalue weighted by Crippen LogP contribution is 2.21. The van der Waals surface area contributed by atoms with Crippen molar-refractivity contribution in [1.82, 2.24) is 5.32 Å². The Hall–Kier alpha value is -1.21. The Morgan fingerprint density at radius 3 is 2.47 bits per heavy atom. The van der Waals surface area contributed by atoms with Crippen molar-refractivity contribution in [3.05, 3.63) is 35.4 Å². The Kier molecular flexibility index (Phi) is 5.68. The van der Waals surface area contributed by atoms with Gasteiger partial charge in [0, 0.05) is 24.6 Å². The molecule has 0 amide bonds. The van der Waals surface area contributed by atoms with E-state index in [-0.39, 0.29) is 25.1 Å². The van der Waals surface area contributed by atoms with Gasteiger partial charge < -0.3 is 10.4 Å². The first-order valence-electron chi connectivity index (χ1n) is 5.70. The summed E-state index contributed by atoms with van der Waals surface area (Å²) in [6.07, 6.45) is -6.47. The van der Waals surface area contributed by atoms with Crippen molar-refractivity contribution >= 4 is 0 Å². The van der Waals surface area contributed by atoms with Crippen molar-refractivity contribution in [3.8, 4) is 0 Å². The lowest BCUT2D eigenvalue weighted by atomic mass is 10.1. The summed E-state index contributed by atoms with van der Waals surface area (Å²) < 4.78 is 61.4. The molecule has 0 bridgehead atoms. The van der Waals surface area contributed by atoms with Crippen LogP contribution in [0.15, 0.2) is 18.2 Å². The molecule has 1 aromatic rings. The maximum Gasteiger partial charge on any atom is 0.389 e. The molecule has 108 valence electrons. The second-order valence-electron chi connectivity index (χ2n) is 4.10. The molecule has 0 heterocycles. The third-order valence-corrected chi connectivity index (χ3v) is 2.47. The van der Waals surface area contributed by atoms with Gasteiger partial charge in [0.2, 0.25) is 0 Å². The number of nitrogens with one attached hydrogen (secondary N) is 1. The lowest BCUT2D eigenvalue weighted by Crippen LogP contribution is -2.24. The lowest BCUT2D eigenvalue weighted by molar-refractivity contribution is -0.135. The molecule has 1 unspecified atom stereocenters. The van der Waals surface area contributed by atoms with Gasteiger partial charge in [-0.1, -0.05) is 6.07 Å². The summed E-state index contributed by atoms with van der Waals surface area (Å²) >= 11 is 0. The first kappa shape index (κ1) is 15.8. The van der Waals surface area contributed by atoms with E-state index in [0.717, 1.165) is 12.1 Å². The molecule has 2 nitrogen and oxygen atoms in total. The van der Waals surface area contributed by atoms with Gasteiger partial charge in [-0.25, -0.2) is 8.78 Å². The van der Waals surface area contributed by atoms with Crippen LogP contribution in [0.1, 0.15) is 24.5 Å². The minimum Gasteiger partial charge on any atom is -0.387 e. The summed E-state index contributed by atoms with van der Waals surface area (Å²) in [6, 6.07) is 2.75. The maximum atomic E-state index is 13.3. The van der Waals surface area contributed by atoms with Gasteiger partial charge in [0.05, 0.1) is 6.10 Å². The molecule has 0 aliphatic heterocycles. The van der Waals surface area contributed by atoms with Crippen LogP contribution < -0.4 is 5.32 Å². The Balaban J connectivity index is 2.33. The number of rotatable bonds is 6. The Morgan fingerprint density at radius 2 is 1.89 bits per heavy atom. The standard InChI is InChI=1S/C12H14F5NO/c13-8-2-3-9(10(14)6-8)11(19)7-18-5-1-4-12(15,16)17/h2-3,6,11,18-19H,1,4-5,7H2. The van der Waals surface area contributed by atoms with Crippen LogP contribution in [-0.4, -0.2) is 24.4 Å².